The van der Waals surface area contributed by atoms with Crippen molar-refractivity contribution >= 4 is 17.6 Å². The van der Waals surface area contributed by atoms with Gasteiger partial charge in [0.2, 0.25) is 0 Å². The number of hydrogen-bond donors (Lipinski definition) is 0. The van der Waals surface area contributed by atoms with Crippen LogP contribution in [0.4, 0.5) is 10.1 Å². The molecule has 0 saturated heterocycles. The normalized spacial score (nSPS) is 15.2. The number of hydrogen-bond acceptors (Lipinski definition) is 3. The number of benzene rings is 2. The minimum absolute atomic E-state index is 0.0251. The van der Waals surface area contributed by atoms with E-state index >= 15 is 0 Å². The van der Waals surface area contributed by atoms with Gasteiger partial charge in [0.15, 0.2) is 6.61 Å². The first-order chi connectivity index (χ1) is 14.4. The highest BCUT2D eigenvalue weighted by atomic mass is 19.1. The molecular formula is C24H23FN2O3. The summed E-state index contributed by atoms with van der Waals surface area (Å²) in [5.41, 5.74) is 4.63. The van der Waals surface area contributed by atoms with E-state index in [1.54, 1.807) is 30.0 Å². The van der Waals surface area contributed by atoms with Crippen LogP contribution < -0.4 is 4.90 Å². The van der Waals surface area contributed by atoms with E-state index in [9.17, 15) is 14.0 Å². The molecule has 1 aliphatic rings. The number of esters is 1. The van der Waals surface area contributed by atoms with Gasteiger partial charge in [-0.25, -0.2) is 9.18 Å². The van der Waals surface area contributed by atoms with Crippen LogP contribution in [0.15, 0.2) is 54.6 Å². The molecule has 0 N–H and O–H groups in total. The molecule has 0 fully saturated rings. The molecule has 2 aromatic carbocycles. The summed E-state index contributed by atoms with van der Waals surface area (Å²) in [6.45, 7) is 5.32. The van der Waals surface area contributed by atoms with Gasteiger partial charge in [-0.3, -0.25) is 4.79 Å². The van der Waals surface area contributed by atoms with Crippen molar-refractivity contribution in [3.63, 3.8) is 0 Å². The highest BCUT2D eigenvalue weighted by Gasteiger charge is 2.31. The average Bonchev–Trinajstić information content (AvgIpc) is 3.22. The van der Waals surface area contributed by atoms with Crippen molar-refractivity contribution in [1.82, 2.24) is 4.57 Å². The smallest absolute Gasteiger partial charge is 0.340 e. The van der Waals surface area contributed by atoms with Gasteiger partial charge in [-0.05, 0) is 69.2 Å². The van der Waals surface area contributed by atoms with Gasteiger partial charge in [0, 0.05) is 28.8 Å². The highest BCUT2D eigenvalue weighted by molar-refractivity contribution is 5.99. The van der Waals surface area contributed by atoms with Gasteiger partial charge >= 0.3 is 5.97 Å². The first kappa shape index (κ1) is 19.9. The number of carbonyl (C=O) groups excluding carboxylic acids is 2. The summed E-state index contributed by atoms with van der Waals surface area (Å²) in [7, 11) is 0. The van der Waals surface area contributed by atoms with Crippen LogP contribution >= 0.6 is 0 Å². The molecule has 1 aliphatic heterocycles. The van der Waals surface area contributed by atoms with Crippen molar-refractivity contribution < 1.29 is 18.7 Å². The van der Waals surface area contributed by atoms with Gasteiger partial charge in [0.1, 0.15) is 5.82 Å². The van der Waals surface area contributed by atoms with Gasteiger partial charge in [-0.15, -0.1) is 0 Å². The van der Waals surface area contributed by atoms with Crippen molar-refractivity contribution in [2.24, 2.45) is 0 Å². The molecule has 30 heavy (non-hydrogen) atoms. The van der Waals surface area contributed by atoms with Crippen LogP contribution in [0.25, 0.3) is 5.69 Å². The summed E-state index contributed by atoms with van der Waals surface area (Å²) in [5.74, 6) is -1.12. The summed E-state index contributed by atoms with van der Waals surface area (Å²) >= 11 is 0. The molecule has 0 spiro atoms. The number of fused-ring (bicyclic) bond motifs is 1. The number of para-hydroxylation sites is 1. The van der Waals surface area contributed by atoms with Crippen LogP contribution in [-0.4, -0.2) is 29.1 Å². The highest BCUT2D eigenvalue weighted by Crippen LogP contribution is 2.32. The second kappa shape index (κ2) is 7.78. The number of amides is 1. The van der Waals surface area contributed by atoms with Crippen molar-refractivity contribution in [2.45, 2.75) is 33.2 Å². The second-order valence-electron chi connectivity index (χ2n) is 7.62. The lowest BCUT2D eigenvalue weighted by atomic mass is 10.1. The van der Waals surface area contributed by atoms with E-state index in [1.165, 1.54) is 12.1 Å². The predicted octanol–water partition coefficient (Wildman–Crippen LogP) is 4.37. The van der Waals surface area contributed by atoms with E-state index in [4.69, 9.17) is 4.74 Å². The lowest BCUT2D eigenvalue weighted by Gasteiger charge is -2.22. The van der Waals surface area contributed by atoms with E-state index < -0.39 is 5.97 Å². The molecular weight excluding hydrogens is 383 g/mol. The average molecular weight is 406 g/mol. The molecule has 1 aromatic heterocycles. The first-order valence-electron chi connectivity index (χ1n) is 9.89. The zero-order valence-electron chi connectivity index (χ0n) is 17.2. The fourth-order valence-electron chi connectivity index (χ4n) is 4.18. The minimum Gasteiger partial charge on any atom is -0.452 e. The number of nitrogens with zero attached hydrogens (tertiary/aromatic N) is 2. The summed E-state index contributed by atoms with van der Waals surface area (Å²) in [6, 6.07) is 15.6. The maximum atomic E-state index is 13.2. The second-order valence-corrected chi connectivity index (χ2v) is 7.62. The van der Waals surface area contributed by atoms with E-state index in [0.29, 0.717) is 11.3 Å². The molecule has 0 bridgehead atoms. The van der Waals surface area contributed by atoms with Crippen LogP contribution in [0.5, 0.6) is 0 Å². The molecule has 1 atom stereocenters. The van der Waals surface area contributed by atoms with Crippen LogP contribution in [0.1, 0.15) is 34.2 Å². The Morgan fingerprint density at radius 3 is 2.53 bits per heavy atom. The summed E-state index contributed by atoms with van der Waals surface area (Å²) in [5, 5.41) is 0. The molecule has 1 amide bonds. The van der Waals surface area contributed by atoms with Crippen molar-refractivity contribution in [1.29, 1.82) is 0 Å². The third-order valence-electron chi connectivity index (χ3n) is 5.54. The van der Waals surface area contributed by atoms with Gasteiger partial charge in [-0.1, -0.05) is 18.2 Å². The third-order valence-corrected chi connectivity index (χ3v) is 5.54. The van der Waals surface area contributed by atoms with Crippen molar-refractivity contribution in [2.75, 3.05) is 11.5 Å². The molecule has 1 unspecified atom stereocenters. The van der Waals surface area contributed by atoms with Crippen molar-refractivity contribution in [3.05, 3.63) is 82.9 Å². The Labute approximate surface area is 174 Å². The molecule has 0 radical (unpaired) electrons. The molecule has 6 heteroatoms. The molecule has 4 rings (SSSR count). The fraction of sp³-hybridized carbons (Fsp3) is 0.250. The maximum absolute atomic E-state index is 13.2. The number of ether oxygens (including phenoxy) is 1. The van der Waals surface area contributed by atoms with Gasteiger partial charge < -0.3 is 14.2 Å². The topological polar surface area (TPSA) is 51.5 Å². The quantitative estimate of drug-likeness (QED) is 0.605. The number of rotatable bonds is 4. The maximum Gasteiger partial charge on any atom is 0.340 e. The molecule has 2 heterocycles. The number of carbonyl (C=O) groups is 2. The van der Waals surface area contributed by atoms with Crippen LogP contribution in [-0.2, 0) is 16.0 Å². The van der Waals surface area contributed by atoms with E-state index in [2.05, 4.69) is 0 Å². The SMILES string of the molecule is Cc1cc(C(=O)OCC(=O)N2c3ccccc3CC2C)c(C)n1-c1ccc(F)cc1. The van der Waals surface area contributed by atoms with Gasteiger partial charge in [0.05, 0.1) is 5.56 Å². The number of aryl methyl sites for hydroxylation is 1. The van der Waals surface area contributed by atoms with Crippen LogP contribution in [0, 0.1) is 19.7 Å². The zero-order valence-corrected chi connectivity index (χ0v) is 17.2. The number of aromatic nitrogens is 1. The molecule has 5 nitrogen and oxygen atoms in total. The van der Waals surface area contributed by atoms with Gasteiger partial charge in [-0.2, -0.15) is 0 Å². The van der Waals surface area contributed by atoms with E-state index in [-0.39, 0.29) is 24.4 Å². The third kappa shape index (κ3) is 3.49. The zero-order chi connectivity index (χ0) is 21.4. The monoisotopic (exact) mass is 406 g/mol. The van der Waals surface area contributed by atoms with E-state index in [0.717, 1.165) is 29.1 Å². The Balaban J connectivity index is 1.49. The largest absolute Gasteiger partial charge is 0.452 e. The molecule has 3 aromatic rings. The Morgan fingerprint density at radius 2 is 1.80 bits per heavy atom. The minimum atomic E-state index is -0.551. The predicted molar refractivity (Wildman–Crippen MR) is 113 cm³/mol. The Hall–Kier alpha value is -3.41. The van der Waals surface area contributed by atoms with Crippen molar-refractivity contribution in [3.8, 4) is 5.69 Å². The van der Waals surface area contributed by atoms with Gasteiger partial charge in [0.25, 0.3) is 5.91 Å². The van der Waals surface area contributed by atoms with Crippen LogP contribution in [0.3, 0.4) is 0 Å². The Bertz CT molecular complexity index is 1120. The summed E-state index contributed by atoms with van der Waals surface area (Å²) in [4.78, 5) is 27.2. The molecule has 154 valence electrons. The Kier molecular flexibility index (Phi) is 5.16. The number of halogens is 1. The van der Waals surface area contributed by atoms with Crippen LogP contribution in [0.2, 0.25) is 0 Å². The summed E-state index contributed by atoms with van der Waals surface area (Å²) < 4.78 is 20.5. The standard InChI is InChI=1S/C24H23FN2O3/c1-15-12-18-6-4-5-7-22(18)27(15)23(28)14-30-24(29)21-13-16(2)26(17(21)3)20-10-8-19(25)9-11-20/h4-11,13,15H,12,14H2,1-3H3. The molecule has 0 aliphatic carbocycles. The summed E-state index contributed by atoms with van der Waals surface area (Å²) in [6.07, 6.45) is 0.786. The lowest BCUT2D eigenvalue weighted by molar-refractivity contribution is -0.122. The Morgan fingerprint density at radius 1 is 1.10 bits per heavy atom. The lowest BCUT2D eigenvalue weighted by Crippen LogP contribution is -2.38. The fourth-order valence-corrected chi connectivity index (χ4v) is 4.18. The van der Waals surface area contributed by atoms with E-state index in [1.807, 2.05) is 42.7 Å². The molecule has 0 saturated carbocycles. The first-order valence-corrected chi connectivity index (χ1v) is 9.89. The number of anilines is 1.